The summed E-state index contributed by atoms with van der Waals surface area (Å²) in [6.07, 6.45) is 2.32. The molecule has 2 nitrogen and oxygen atoms in total. The number of aliphatic hydroxyl groups excluding tert-OH is 1. The Bertz CT molecular complexity index is 319. The standard InChI is InChI=1S/C11H13ClO2/c12-10-5-8(7-13)4-9(6-10)11-2-1-3-14-11/h4-6,11,13H,1-3,7H2. The van der Waals surface area contributed by atoms with Crippen molar-refractivity contribution in [1.82, 2.24) is 0 Å². The first kappa shape index (κ1) is 9.97. The van der Waals surface area contributed by atoms with Crippen molar-refractivity contribution in [2.45, 2.75) is 25.6 Å². The van der Waals surface area contributed by atoms with Crippen LogP contribution in [0.2, 0.25) is 5.02 Å². The van der Waals surface area contributed by atoms with Gasteiger partial charge >= 0.3 is 0 Å². The molecule has 1 saturated heterocycles. The Labute approximate surface area is 88.5 Å². The molecule has 1 unspecified atom stereocenters. The molecular weight excluding hydrogens is 200 g/mol. The molecule has 1 aromatic rings. The highest BCUT2D eigenvalue weighted by molar-refractivity contribution is 6.30. The van der Waals surface area contributed by atoms with Crippen LogP contribution in [-0.4, -0.2) is 11.7 Å². The minimum atomic E-state index is 0.0281. The third-order valence-corrected chi connectivity index (χ3v) is 2.68. The van der Waals surface area contributed by atoms with Gasteiger partial charge in [0, 0.05) is 11.6 Å². The molecular formula is C11H13ClO2. The number of rotatable bonds is 2. The van der Waals surface area contributed by atoms with Crippen molar-refractivity contribution in [2.24, 2.45) is 0 Å². The quantitative estimate of drug-likeness (QED) is 0.817. The Kier molecular flexibility index (Phi) is 3.06. The smallest absolute Gasteiger partial charge is 0.0826 e. The van der Waals surface area contributed by atoms with Crippen LogP contribution in [0.15, 0.2) is 18.2 Å². The zero-order valence-corrected chi connectivity index (χ0v) is 8.63. The normalized spacial score (nSPS) is 21.4. The summed E-state index contributed by atoms with van der Waals surface area (Å²) in [5.41, 5.74) is 1.93. The molecule has 0 bridgehead atoms. The van der Waals surface area contributed by atoms with Crippen LogP contribution in [0.25, 0.3) is 0 Å². The Morgan fingerprint density at radius 2 is 2.29 bits per heavy atom. The van der Waals surface area contributed by atoms with E-state index < -0.39 is 0 Å². The number of benzene rings is 1. The lowest BCUT2D eigenvalue weighted by Crippen LogP contribution is -1.97. The molecule has 1 aliphatic heterocycles. The van der Waals surface area contributed by atoms with Crippen molar-refractivity contribution < 1.29 is 9.84 Å². The van der Waals surface area contributed by atoms with Crippen LogP contribution in [0.1, 0.15) is 30.1 Å². The summed E-state index contributed by atoms with van der Waals surface area (Å²) in [4.78, 5) is 0. The molecule has 3 heteroatoms. The van der Waals surface area contributed by atoms with E-state index in [1.807, 2.05) is 12.1 Å². The largest absolute Gasteiger partial charge is 0.392 e. The van der Waals surface area contributed by atoms with Gasteiger partial charge in [0.1, 0.15) is 0 Å². The third kappa shape index (κ3) is 2.08. The van der Waals surface area contributed by atoms with Gasteiger partial charge in [0.25, 0.3) is 0 Å². The molecule has 0 aliphatic carbocycles. The van der Waals surface area contributed by atoms with E-state index in [1.54, 1.807) is 6.07 Å². The van der Waals surface area contributed by atoms with Crippen LogP contribution in [-0.2, 0) is 11.3 Å². The van der Waals surface area contributed by atoms with Gasteiger partial charge in [0.05, 0.1) is 12.7 Å². The van der Waals surface area contributed by atoms with Gasteiger partial charge < -0.3 is 9.84 Å². The van der Waals surface area contributed by atoms with Crippen molar-refractivity contribution in [3.05, 3.63) is 34.3 Å². The molecule has 0 amide bonds. The molecule has 1 heterocycles. The second-order valence-corrected chi connectivity index (χ2v) is 3.99. The van der Waals surface area contributed by atoms with E-state index in [4.69, 9.17) is 21.4 Å². The first-order valence-electron chi connectivity index (χ1n) is 4.81. The lowest BCUT2D eigenvalue weighted by atomic mass is 10.0. The molecule has 2 rings (SSSR count). The lowest BCUT2D eigenvalue weighted by Gasteiger charge is -2.11. The molecule has 76 valence electrons. The summed E-state index contributed by atoms with van der Waals surface area (Å²) in [6.45, 7) is 0.853. The van der Waals surface area contributed by atoms with Gasteiger partial charge in [-0.2, -0.15) is 0 Å². The summed E-state index contributed by atoms with van der Waals surface area (Å²) in [5.74, 6) is 0. The maximum atomic E-state index is 9.03. The van der Waals surface area contributed by atoms with Gasteiger partial charge in [-0.3, -0.25) is 0 Å². The highest BCUT2D eigenvalue weighted by Gasteiger charge is 2.18. The van der Waals surface area contributed by atoms with Gasteiger partial charge in [0.2, 0.25) is 0 Å². The zero-order valence-electron chi connectivity index (χ0n) is 7.87. The summed E-state index contributed by atoms with van der Waals surface area (Å²) < 4.78 is 5.55. The number of hydrogen-bond acceptors (Lipinski definition) is 2. The van der Waals surface area contributed by atoms with Gasteiger partial charge in [-0.15, -0.1) is 0 Å². The second kappa shape index (κ2) is 4.30. The van der Waals surface area contributed by atoms with Crippen molar-refractivity contribution >= 4 is 11.6 Å². The third-order valence-electron chi connectivity index (χ3n) is 2.46. The first-order valence-corrected chi connectivity index (χ1v) is 5.19. The van der Waals surface area contributed by atoms with Gasteiger partial charge in [-0.1, -0.05) is 17.7 Å². The summed E-state index contributed by atoms with van der Waals surface area (Å²) in [7, 11) is 0. The molecule has 1 atom stereocenters. The number of ether oxygens (including phenoxy) is 1. The van der Waals surface area contributed by atoms with E-state index in [1.165, 1.54) is 0 Å². The van der Waals surface area contributed by atoms with Crippen LogP contribution < -0.4 is 0 Å². The maximum Gasteiger partial charge on any atom is 0.0826 e. The number of hydrogen-bond donors (Lipinski definition) is 1. The molecule has 1 aromatic carbocycles. The topological polar surface area (TPSA) is 29.5 Å². The molecule has 1 fully saturated rings. The average molecular weight is 213 g/mol. The van der Waals surface area contributed by atoms with E-state index in [9.17, 15) is 0 Å². The van der Waals surface area contributed by atoms with E-state index in [0.29, 0.717) is 5.02 Å². The van der Waals surface area contributed by atoms with Gasteiger partial charge in [0.15, 0.2) is 0 Å². The molecule has 1 N–H and O–H groups in total. The lowest BCUT2D eigenvalue weighted by molar-refractivity contribution is 0.112. The minimum Gasteiger partial charge on any atom is -0.392 e. The predicted molar refractivity (Wildman–Crippen MR) is 55.3 cm³/mol. The van der Waals surface area contributed by atoms with E-state index in [-0.39, 0.29) is 12.7 Å². The Morgan fingerprint density at radius 3 is 2.93 bits per heavy atom. The summed E-state index contributed by atoms with van der Waals surface area (Å²) >= 11 is 5.94. The highest BCUT2D eigenvalue weighted by atomic mass is 35.5. The first-order chi connectivity index (χ1) is 6.79. The molecule has 0 spiro atoms. The van der Waals surface area contributed by atoms with E-state index >= 15 is 0 Å². The Balaban J connectivity index is 2.27. The van der Waals surface area contributed by atoms with Crippen LogP contribution in [0, 0.1) is 0 Å². The second-order valence-electron chi connectivity index (χ2n) is 3.55. The average Bonchev–Trinajstić information content (AvgIpc) is 2.69. The highest BCUT2D eigenvalue weighted by Crippen LogP contribution is 2.30. The van der Waals surface area contributed by atoms with Crippen molar-refractivity contribution in [3.63, 3.8) is 0 Å². The maximum absolute atomic E-state index is 9.03. The van der Waals surface area contributed by atoms with Crippen molar-refractivity contribution in [2.75, 3.05) is 6.61 Å². The fourth-order valence-corrected chi connectivity index (χ4v) is 2.06. The molecule has 0 radical (unpaired) electrons. The molecule has 14 heavy (non-hydrogen) atoms. The Morgan fingerprint density at radius 1 is 1.43 bits per heavy atom. The summed E-state index contributed by atoms with van der Waals surface area (Å²) in [6, 6.07) is 5.65. The van der Waals surface area contributed by atoms with Crippen molar-refractivity contribution in [1.29, 1.82) is 0 Å². The fourth-order valence-electron chi connectivity index (χ4n) is 1.79. The van der Waals surface area contributed by atoms with Gasteiger partial charge in [-0.25, -0.2) is 0 Å². The van der Waals surface area contributed by atoms with Crippen molar-refractivity contribution in [3.8, 4) is 0 Å². The minimum absolute atomic E-state index is 0.0281. The number of halogens is 1. The molecule has 1 aliphatic rings. The predicted octanol–water partition coefficient (Wildman–Crippen LogP) is 2.68. The van der Waals surface area contributed by atoms with E-state index in [0.717, 1.165) is 30.6 Å². The monoisotopic (exact) mass is 212 g/mol. The fraction of sp³-hybridized carbons (Fsp3) is 0.455. The SMILES string of the molecule is OCc1cc(Cl)cc(C2CCCO2)c1. The number of aliphatic hydroxyl groups is 1. The van der Waals surface area contributed by atoms with Crippen LogP contribution in [0.5, 0.6) is 0 Å². The van der Waals surface area contributed by atoms with Gasteiger partial charge in [-0.05, 0) is 36.1 Å². The zero-order chi connectivity index (χ0) is 9.97. The van der Waals surface area contributed by atoms with Crippen LogP contribution in [0.3, 0.4) is 0 Å². The van der Waals surface area contributed by atoms with E-state index in [2.05, 4.69) is 0 Å². The molecule has 0 saturated carbocycles. The van der Waals surface area contributed by atoms with Crippen LogP contribution >= 0.6 is 11.6 Å². The Hall–Kier alpha value is -0.570. The van der Waals surface area contributed by atoms with Crippen LogP contribution in [0.4, 0.5) is 0 Å². The summed E-state index contributed by atoms with van der Waals surface area (Å²) in [5, 5.41) is 9.70. The molecule has 0 aromatic heterocycles.